The predicted molar refractivity (Wildman–Crippen MR) is 74.2 cm³/mol. The first-order valence-corrected chi connectivity index (χ1v) is 6.74. The van der Waals surface area contributed by atoms with Crippen molar-refractivity contribution < 1.29 is 9.21 Å². The van der Waals surface area contributed by atoms with Crippen molar-refractivity contribution in [2.75, 3.05) is 26.2 Å². The molecule has 1 saturated heterocycles. The molecule has 2 heterocycles. The Morgan fingerprint density at radius 1 is 1.40 bits per heavy atom. The van der Waals surface area contributed by atoms with Crippen molar-refractivity contribution in [2.24, 2.45) is 5.11 Å². The first-order valence-electron chi connectivity index (χ1n) is 6.74. The van der Waals surface area contributed by atoms with Gasteiger partial charge in [0.1, 0.15) is 5.76 Å². The fourth-order valence-electron chi connectivity index (χ4n) is 2.28. The van der Waals surface area contributed by atoms with Crippen molar-refractivity contribution in [3.63, 3.8) is 0 Å². The van der Waals surface area contributed by atoms with E-state index in [1.807, 2.05) is 0 Å². The summed E-state index contributed by atoms with van der Waals surface area (Å²) in [5, 5.41) is 3.41. The first kappa shape index (κ1) is 14.4. The molecule has 0 radical (unpaired) electrons. The minimum atomic E-state index is -0.0967. The highest BCUT2D eigenvalue weighted by molar-refractivity contribution is 5.91. The second-order valence-electron chi connectivity index (χ2n) is 5.08. The Morgan fingerprint density at radius 2 is 2.10 bits per heavy atom. The van der Waals surface area contributed by atoms with E-state index >= 15 is 0 Å². The summed E-state index contributed by atoms with van der Waals surface area (Å²) in [4.78, 5) is 19.1. The van der Waals surface area contributed by atoms with Crippen LogP contribution in [0.25, 0.3) is 10.4 Å². The third-order valence-electron chi connectivity index (χ3n) is 3.49. The molecule has 0 N–H and O–H groups in total. The van der Waals surface area contributed by atoms with Gasteiger partial charge in [-0.05, 0) is 31.5 Å². The standard InChI is InChI=1S/C13H19N5O2/c1-10(2)17-5-7-18(8-6-17)13(19)12-4-3-11(20-12)9-15-16-14/h3-4,10H,5-9H2,1-2H3. The van der Waals surface area contributed by atoms with Crippen molar-refractivity contribution in [1.82, 2.24) is 9.80 Å². The summed E-state index contributed by atoms with van der Waals surface area (Å²) in [6.45, 7) is 7.64. The van der Waals surface area contributed by atoms with Crippen molar-refractivity contribution >= 4 is 5.91 Å². The molecule has 1 amide bonds. The maximum absolute atomic E-state index is 12.3. The quantitative estimate of drug-likeness (QED) is 0.480. The van der Waals surface area contributed by atoms with Gasteiger partial charge in [-0.15, -0.1) is 0 Å². The molecule has 108 valence electrons. The van der Waals surface area contributed by atoms with Crippen LogP contribution in [-0.4, -0.2) is 47.9 Å². The number of carbonyl (C=O) groups excluding carboxylic acids is 1. The number of rotatable bonds is 4. The number of nitrogens with zero attached hydrogens (tertiary/aromatic N) is 5. The van der Waals surface area contributed by atoms with Crippen LogP contribution in [0.1, 0.15) is 30.2 Å². The molecule has 1 aromatic rings. The van der Waals surface area contributed by atoms with Crippen molar-refractivity contribution in [2.45, 2.75) is 26.4 Å². The summed E-state index contributed by atoms with van der Waals surface area (Å²) in [5.41, 5.74) is 8.25. The Hall–Kier alpha value is -1.98. The highest BCUT2D eigenvalue weighted by Gasteiger charge is 2.24. The van der Waals surface area contributed by atoms with Crippen LogP contribution < -0.4 is 0 Å². The van der Waals surface area contributed by atoms with Gasteiger partial charge in [0.25, 0.3) is 5.91 Å². The summed E-state index contributed by atoms with van der Waals surface area (Å²) in [7, 11) is 0. The molecule has 20 heavy (non-hydrogen) atoms. The molecule has 0 saturated carbocycles. The van der Waals surface area contributed by atoms with E-state index in [-0.39, 0.29) is 12.5 Å². The van der Waals surface area contributed by atoms with Gasteiger partial charge in [0, 0.05) is 37.1 Å². The lowest BCUT2D eigenvalue weighted by Crippen LogP contribution is -2.50. The lowest BCUT2D eigenvalue weighted by molar-refractivity contribution is 0.0564. The average molecular weight is 277 g/mol. The molecule has 1 aliphatic heterocycles. The van der Waals surface area contributed by atoms with E-state index in [4.69, 9.17) is 9.95 Å². The van der Waals surface area contributed by atoms with E-state index in [0.29, 0.717) is 30.7 Å². The average Bonchev–Trinajstić information content (AvgIpc) is 2.93. The molecule has 1 fully saturated rings. The molecule has 0 spiro atoms. The summed E-state index contributed by atoms with van der Waals surface area (Å²) in [6, 6.07) is 3.82. The van der Waals surface area contributed by atoms with Crippen molar-refractivity contribution in [3.05, 3.63) is 34.1 Å². The Labute approximate surface area is 117 Å². The van der Waals surface area contributed by atoms with Crippen LogP contribution in [0.15, 0.2) is 21.7 Å². The third-order valence-corrected chi connectivity index (χ3v) is 3.49. The zero-order valence-electron chi connectivity index (χ0n) is 11.8. The van der Waals surface area contributed by atoms with Crippen LogP contribution in [0.5, 0.6) is 0 Å². The Balaban J connectivity index is 1.95. The van der Waals surface area contributed by atoms with Gasteiger partial charge in [-0.3, -0.25) is 9.69 Å². The Kier molecular flexibility index (Phi) is 4.65. The monoisotopic (exact) mass is 277 g/mol. The van der Waals surface area contributed by atoms with Crippen LogP contribution >= 0.6 is 0 Å². The lowest BCUT2D eigenvalue weighted by atomic mass is 10.2. The Morgan fingerprint density at radius 3 is 2.70 bits per heavy atom. The molecule has 0 aromatic carbocycles. The van der Waals surface area contributed by atoms with Gasteiger partial charge in [-0.2, -0.15) is 0 Å². The fourth-order valence-corrected chi connectivity index (χ4v) is 2.28. The SMILES string of the molecule is CC(C)N1CCN(C(=O)c2ccc(CN=[N+]=[N-])o2)CC1. The lowest BCUT2D eigenvalue weighted by Gasteiger charge is -2.36. The molecule has 1 aliphatic rings. The van der Waals surface area contributed by atoms with E-state index in [2.05, 4.69) is 28.8 Å². The molecule has 0 unspecified atom stereocenters. The number of carbonyl (C=O) groups is 1. The van der Waals surface area contributed by atoms with E-state index in [1.165, 1.54) is 0 Å². The summed E-state index contributed by atoms with van der Waals surface area (Å²) in [5.74, 6) is 0.721. The van der Waals surface area contributed by atoms with Crippen LogP contribution in [0, 0.1) is 0 Å². The maximum atomic E-state index is 12.3. The van der Waals surface area contributed by atoms with Crippen LogP contribution in [0.2, 0.25) is 0 Å². The molecular weight excluding hydrogens is 258 g/mol. The van der Waals surface area contributed by atoms with Gasteiger partial charge in [0.05, 0.1) is 6.54 Å². The van der Waals surface area contributed by atoms with Crippen molar-refractivity contribution in [3.8, 4) is 0 Å². The normalized spacial score (nSPS) is 16.2. The molecule has 7 nitrogen and oxygen atoms in total. The predicted octanol–water partition coefficient (Wildman–Crippen LogP) is 2.26. The number of piperazine rings is 1. The molecule has 1 aromatic heterocycles. The zero-order chi connectivity index (χ0) is 14.5. The van der Waals surface area contributed by atoms with E-state index in [0.717, 1.165) is 13.1 Å². The van der Waals surface area contributed by atoms with E-state index < -0.39 is 0 Å². The third kappa shape index (κ3) is 3.31. The second kappa shape index (κ2) is 6.45. The van der Waals surface area contributed by atoms with Gasteiger partial charge in [-0.25, -0.2) is 0 Å². The smallest absolute Gasteiger partial charge is 0.289 e. The van der Waals surface area contributed by atoms with Crippen LogP contribution in [-0.2, 0) is 6.54 Å². The first-order chi connectivity index (χ1) is 9.61. The molecule has 2 rings (SSSR count). The van der Waals surface area contributed by atoms with Gasteiger partial charge in [-0.1, -0.05) is 5.11 Å². The topological polar surface area (TPSA) is 85.5 Å². The largest absolute Gasteiger partial charge is 0.456 e. The molecule has 0 atom stereocenters. The zero-order valence-corrected chi connectivity index (χ0v) is 11.8. The van der Waals surface area contributed by atoms with Gasteiger partial charge in [0.2, 0.25) is 0 Å². The molecular formula is C13H19N5O2. The molecule has 0 bridgehead atoms. The number of azide groups is 1. The summed E-state index contributed by atoms with van der Waals surface area (Å²) in [6.07, 6.45) is 0. The van der Waals surface area contributed by atoms with Gasteiger partial charge < -0.3 is 9.32 Å². The van der Waals surface area contributed by atoms with Crippen LogP contribution in [0.3, 0.4) is 0 Å². The fraction of sp³-hybridized carbons (Fsp3) is 0.615. The minimum Gasteiger partial charge on any atom is -0.456 e. The number of amides is 1. The van der Waals surface area contributed by atoms with E-state index in [1.54, 1.807) is 17.0 Å². The van der Waals surface area contributed by atoms with Crippen molar-refractivity contribution in [1.29, 1.82) is 0 Å². The Bertz CT molecular complexity index is 511. The summed E-state index contributed by atoms with van der Waals surface area (Å²) < 4.78 is 5.41. The molecule has 7 heteroatoms. The number of hydrogen-bond donors (Lipinski definition) is 0. The van der Waals surface area contributed by atoms with Gasteiger partial charge in [0.15, 0.2) is 5.76 Å². The number of furan rings is 1. The van der Waals surface area contributed by atoms with E-state index in [9.17, 15) is 4.79 Å². The summed E-state index contributed by atoms with van der Waals surface area (Å²) >= 11 is 0. The minimum absolute atomic E-state index is 0.0967. The number of hydrogen-bond acceptors (Lipinski definition) is 4. The maximum Gasteiger partial charge on any atom is 0.289 e. The van der Waals surface area contributed by atoms with Crippen LogP contribution in [0.4, 0.5) is 0 Å². The second-order valence-corrected chi connectivity index (χ2v) is 5.08. The highest BCUT2D eigenvalue weighted by Crippen LogP contribution is 2.14. The van der Waals surface area contributed by atoms with Gasteiger partial charge >= 0.3 is 0 Å². The highest BCUT2D eigenvalue weighted by atomic mass is 16.4. The molecule has 0 aliphatic carbocycles.